The van der Waals surface area contributed by atoms with Crippen molar-refractivity contribution in [1.82, 2.24) is 9.55 Å². The highest BCUT2D eigenvalue weighted by Crippen LogP contribution is 2.25. The largest absolute Gasteiger partial charge is 0.328 e. The molecule has 0 saturated carbocycles. The van der Waals surface area contributed by atoms with E-state index in [-0.39, 0.29) is 5.91 Å². The van der Waals surface area contributed by atoms with Gasteiger partial charge in [-0.25, -0.2) is 4.98 Å². The van der Waals surface area contributed by atoms with Gasteiger partial charge in [-0.15, -0.1) is 0 Å². The zero-order valence-electron chi connectivity index (χ0n) is 14.8. The summed E-state index contributed by atoms with van der Waals surface area (Å²) in [5, 5.41) is 3.02. The average molecular weight is 333 g/mol. The number of fused-ring (bicyclic) bond motifs is 3. The lowest BCUT2D eigenvalue weighted by Crippen LogP contribution is -2.13. The van der Waals surface area contributed by atoms with Gasteiger partial charge in [0, 0.05) is 24.2 Å². The van der Waals surface area contributed by atoms with Gasteiger partial charge in [0.25, 0.3) is 5.91 Å². The number of benzene rings is 2. The standard InChI is InChI=1S/C21H23N3O/c1-14-7-8-15(2)17(12-14)21(25)22-16-9-10-19-18(13-16)23-20-6-4-3-5-11-24(19)20/h7-10,12-13H,3-6,11H2,1-2H3,(H,22,25). The summed E-state index contributed by atoms with van der Waals surface area (Å²) in [5.74, 6) is 1.10. The van der Waals surface area contributed by atoms with Gasteiger partial charge in [-0.05, 0) is 56.5 Å². The first kappa shape index (κ1) is 15.9. The number of rotatable bonds is 2. The lowest BCUT2D eigenvalue weighted by molar-refractivity contribution is 0.102. The Kier molecular flexibility index (Phi) is 4.04. The molecule has 0 fully saturated rings. The third kappa shape index (κ3) is 3.04. The summed E-state index contributed by atoms with van der Waals surface area (Å²) in [7, 11) is 0. The van der Waals surface area contributed by atoms with Crippen molar-refractivity contribution >= 4 is 22.6 Å². The Labute approximate surface area is 147 Å². The predicted molar refractivity (Wildman–Crippen MR) is 101 cm³/mol. The van der Waals surface area contributed by atoms with Crippen molar-refractivity contribution in [3.05, 3.63) is 58.9 Å². The third-order valence-electron chi connectivity index (χ3n) is 5.00. The van der Waals surface area contributed by atoms with Crippen LogP contribution in [-0.2, 0) is 13.0 Å². The smallest absolute Gasteiger partial charge is 0.255 e. The minimum Gasteiger partial charge on any atom is -0.328 e. The van der Waals surface area contributed by atoms with E-state index in [1.54, 1.807) is 0 Å². The highest BCUT2D eigenvalue weighted by atomic mass is 16.1. The van der Waals surface area contributed by atoms with E-state index >= 15 is 0 Å². The fraction of sp³-hybridized carbons (Fsp3) is 0.333. The first-order valence-corrected chi connectivity index (χ1v) is 8.99. The highest BCUT2D eigenvalue weighted by molar-refractivity contribution is 6.06. The van der Waals surface area contributed by atoms with Crippen LogP contribution in [0.3, 0.4) is 0 Å². The maximum absolute atomic E-state index is 12.6. The number of aromatic nitrogens is 2. The lowest BCUT2D eigenvalue weighted by Gasteiger charge is -2.09. The van der Waals surface area contributed by atoms with E-state index in [4.69, 9.17) is 4.98 Å². The van der Waals surface area contributed by atoms with Crippen LogP contribution in [0.5, 0.6) is 0 Å². The number of hydrogen-bond donors (Lipinski definition) is 1. The molecular weight excluding hydrogens is 310 g/mol. The van der Waals surface area contributed by atoms with Crippen LogP contribution in [0.2, 0.25) is 0 Å². The highest BCUT2D eigenvalue weighted by Gasteiger charge is 2.15. The van der Waals surface area contributed by atoms with E-state index in [1.165, 1.54) is 30.6 Å². The van der Waals surface area contributed by atoms with Crippen molar-refractivity contribution in [1.29, 1.82) is 0 Å². The van der Waals surface area contributed by atoms with E-state index in [9.17, 15) is 4.79 Å². The van der Waals surface area contributed by atoms with Crippen LogP contribution in [0.1, 0.15) is 46.6 Å². The quantitative estimate of drug-likeness (QED) is 0.743. The number of nitrogens with one attached hydrogen (secondary N) is 1. The Morgan fingerprint density at radius 1 is 1.08 bits per heavy atom. The number of anilines is 1. The summed E-state index contributed by atoms with van der Waals surface area (Å²) in [6.07, 6.45) is 4.73. The van der Waals surface area contributed by atoms with Crippen LogP contribution in [0, 0.1) is 13.8 Å². The minimum atomic E-state index is -0.0682. The van der Waals surface area contributed by atoms with Crippen molar-refractivity contribution < 1.29 is 4.79 Å². The normalized spacial score (nSPS) is 14.2. The Hall–Kier alpha value is -2.62. The fourth-order valence-electron chi connectivity index (χ4n) is 3.61. The molecule has 25 heavy (non-hydrogen) atoms. The molecule has 4 nitrogen and oxygen atoms in total. The van der Waals surface area contributed by atoms with Gasteiger partial charge in [0.05, 0.1) is 11.0 Å². The van der Waals surface area contributed by atoms with Gasteiger partial charge in [0.15, 0.2) is 0 Å². The molecule has 128 valence electrons. The summed E-state index contributed by atoms with van der Waals surface area (Å²) in [6.45, 7) is 5.00. The Morgan fingerprint density at radius 2 is 1.96 bits per heavy atom. The second-order valence-electron chi connectivity index (χ2n) is 6.97. The second kappa shape index (κ2) is 6.36. The first-order chi connectivity index (χ1) is 12.1. The second-order valence-corrected chi connectivity index (χ2v) is 6.97. The molecule has 4 heteroatoms. The molecule has 3 aromatic rings. The van der Waals surface area contributed by atoms with E-state index in [0.717, 1.165) is 40.9 Å². The van der Waals surface area contributed by atoms with Gasteiger partial charge < -0.3 is 9.88 Å². The molecular formula is C21H23N3O. The molecule has 0 saturated heterocycles. The number of imidazole rings is 1. The van der Waals surface area contributed by atoms with Crippen molar-refractivity contribution in [2.45, 2.75) is 46.1 Å². The maximum Gasteiger partial charge on any atom is 0.255 e. The first-order valence-electron chi connectivity index (χ1n) is 8.99. The molecule has 0 radical (unpaired) electrons. The summed E-state index contributed by atoms with van der Waals surface area (Å²) in [4.78, 5) is 17.4. The van der Waals surface area contributed by atoms with Crippen molar-refractivity contribution in [3.63, 3.8) is 0 Å². The fourth-order valence-corrected chi connectivity index (χ4v) is 3.61. The van der Waals surface area contributed by atoms with E-state index in [1.807, 2.05) is 44.2 Å². The summed E-state index contributed by atoms with van der Waals surface area (Å²) in [6, 6.07) is 12.0. The molecule has 1 amide bonds. The molecule has 0 unspecified atom stereocenters. The van der Waals surface area contributed by atoms with Crippen molar-refractivity contribution in [3.8, 4) is 0 Å². The molecule has 1 aliphatic heterocycles. The van der Waals surface area contributed by atoms with Crippen LogP contribution in [0.4, 0.5) is 5.69 Å². The molecule has 0 aliphatic carbocycles. The molecule has 4 rings (SSSR count). The van der Waals surface area contributed by atoms with E-state index < -0.39 is 0 Å². The van der Waals surface area contributed by atoms with Crippen molar-refractivity contribution in [2.75, 3.05) is 5.32 Å². The molecule has 2 aromatic carbocycles. The molecule has 0 bridgehead atoms. The topological polar surface area (TPSA) is 46.9 Å². The summed E-state index contributed by atoms with van der Waals surface area (Å²) < 4.78 is 2.33. The molecule has 1 aromatic heterocycles. The van der Waals surface area contributed by atoms with Gasteiger partial charge in [0.1, 0.15) is 5.82 Å². The van der Waals surface area contributed by atoms with Gasteiger partial charge >= 0.3 is 0 Å². The average Bonchev–Trinajstić information content (AvgIpc) is 2.77. The van der Waals surface area contributed by atoms with Gasteiger partial charge in [0.2, 0.25) is 0 Å². The van der Waals surface area contributed by atoms with Gasteiger partial charge in [-0.2, -0.15) is 0 Å². The predicted octanol–water partition coefficient (Wildman–Crippen LogP) is 4.63. The molecule has 1 aliphatic rings. The lowest BCUT2D eigenvalue weighted by atomic mass is 10.0. The molecule has 1 N–H and O–H groups in total. The number of nitrogens with zero attached hydrogens (tertiary/aromatic N) is 2. The third-order valence-corrected chi connectivity index (χ3v) is 5.00. The monoisotopic (exact) mass is 333 g/mol. The Balaban J connectivity index is 1.64. The number of hydrogen-bond acceptors (Lipinski definition) is 2. The van der Waals surface area contributed by atoms with Crippen LogP contribution >= 0.6 is 0 Å². The zero-order valence-corrected chi connectivity index (χ0v) is 14.8. The van der Waals surface area contributed by atoms with Crippen molar-refractivity contribution in [2.24, 2.45) is 0 Å². The number of carbonyl (C=O) groups excluding carboxylic acids is 1. The van der Waals surface area contributed by atoms with Crippen LogP contribution in [0.25, 0.3) is 11.0 Å². The van der Waals surface area contributed by atoms with Gasteiger partial charge in [-0.3, -0.25) is 4.79 Å². The maximum atomic E-state index is 12.6. The number of aryl methyl sites for hydroxylation is 4. The van der Waals surface area contributed by atoms with E-state index in [0.29, 0.717) is 0 Å². The molecule has 0 spiro atoms. The summed E-state index contributed by atoms with van der Waals surface area (Å²) in [5.41, 5.74) is 5.73. The summed E-state index contributed by atoms with van der Waals surface area (Å²) >= 11 is 0. The zero-order chi connectivity index (χ0) is 17.4. The van der Waals surface area contributed by atoms with Crippen LogP contribution < -0.4 is 5.32 Å². The number of carbonyl (C=O) groups is 1. The SMILES string of the molecule is Cc1ccc(C)c(C(=O)Nc2ccc3c(c2)nc2n3CCCCC2)c1. The Bertz CT molecular complexity index is 955. The van der Waals surface area contributed by atoms with Gasteiger partial charge in [-0.1, -0.05) is 24.1 Å². The molecule has 0 atom stereocenters. The Morgan fingerprint density at radius 3 is 2.84 bits per heavy atom. The van der Waals surface area contributed by atoms with Crippen LogP contribution in [-0.4, -0.2) is 15.5 Å². The van der Waals surface area contributed by atoms with Crippen LogP contribution in [0.15, 0.2) is 36.4 Å². The molecule has 2 heterocycles. The van der Waals surface area contributed by atoms with E-state index in [2.05, 4.69) is 16.0 Å². The number of amides is 1. The minimum absolute atomic E-state index is 0.0682.